The van der Waals surface area contributed by atoms with Crippen LogP contribution in [0.2, 0.25) is 0 Å². The summed E-state index contributed by atoms with van der Waals surface area (Å²) < 4.78 is 14.6. The Hall–Kier alpha value is -0.960. The van der Waals surface area contributed by atoms with Crippen molar-refractivity contribution in [2.75, 3.05) is 6.61 Å². The lowest BCUT2D eigenvalue weighted by Crippen LogP contribution is -2.05. The molecule has 1 atom stereocenters. The van der Waals surface area contributed by atoms with E-state index in [-0.39, 0.29) is 12.4 Å². The molecule has 0 spiro atoms. The van der Waals surface area contributed by atoms with Crippen molar-refractivity contribution in [3.63, 3.8) is 0 Å². The topological polar surface area (TPSA) is 63.6 Å². The number of aryl methyl sites for hydroxylation is 1. The van der Waals surface area contributed by atoms with Gasteiger partial charge in [0.1, 0.15) is 6.61 Å². The van der Waals surface area contributed by atoms with Crippen molar-refractivity contribution in [2.45, 2.75) is 32.1 Å². The molecule has 0 radical (unpaired) electrons. The molecule has 0 fully saturated rings. The van der Waals surface area contributed by atoms with Gasteiger partial charge in [0.05, 0.1) is 0 Å². The molecule has 1 N–H and O–H groups in total. The minimum Gasteiger partial charge on any atom is -0.326 e. The van der Waals surface area contributed by atoms with Crippen LogP contribution >= 0.6 is 8.25 Å². The van der Waals surface area contributed by atoms with Crippen LogP contribution in [0.4, 0.5) is 0 Å². The number of benzene rings is 1. The lowest BCUT2D eigenvalue weighted by atomic mass is 10.1. The van der Waals surface area contributed by atoms with Gasteiger partial charge in [-0.25, -0.2) is 0 Å². The highest BCUT2D eigenvalue weighted by Crippen LogP contribution is 2.14. The van der Waals surface area contributed by atoms with Crippen molar-refractivity contribution in [3.8, 4) is 0 Å². The molecule has 0 saturated heterocycles. The van der Waals surface area contributed by atoms with Crippen LogP contribution in [0.5, 0.6) is 0 Å². The molecule has 1 aromatic carbocycles. The standard InChI is InChI=1S/C13H19O4P/c14-13(11-17-18(15)16)10-6-2-5-9-12-7-3-1-4-8-12/h1,3-4,7-8,18H,2,5-6,9-11H2,(H,15,16). The van der Waals surface area contributed by atoms with Gasteiger partial charge >= 0.3 is 8.25 Å². The summed E-state index contributed by atoms with van der Waals surface area (Å²) in [6.07, 6.45) is 4.28. The maximum Gasteiger partial charge on any atom is 0.317 e. The van der Waals surface area contributed by atoms with Crippen molar-refractivity contribution >= 4 is 14.0 Å². The summed E-state index contributed by atoms with van der Waals surface area (Å²) in [6, 6.07) is 10.2. The third kappa shape index (κ3) is 7.38. The molecule has 0 aliphatic rings. The quantitative estimate of drug-likeness (QED) is 0.553. The van der Waals surface area contributed by atoms with Crippen LogP contribution in [0, 0.1) is 0 Å². The Morgan fingerprint density at radius 2 is 1.89 bits per heavy atom. The molecule has 0 aliphatic carbocycles. The van der Waals surface area contributed by atoms with E-state index in [0.717, 1.165) is 25.7 Å². The predicted molar refractivity (Wildman–Crippen MR) is 70.8 cm³/mol. The van der Waals surface area contributed by atoms with E-state index in [1.54, 1.807) is 0 Å². The van der Waals surface area contributed by atoms with Crippen molar-refractivity contribution in [2.24, 2.45) is 0 Å². The number of carbonyl (C=O) groups excluding carboxylic acids is 1. The van der Waals surface area contributed by atoms with Crippen molar-refractivity contribution in [1.82, 2.24) is 0 Å². The van der Waals surface area contributed by atoms with E-state index in [4.69, 9.17) is 4.89 Å². The first-order valence-corrected chi connectivity index (χ1v) is 7.36. The molecular weight excluding hydrogens is 251 g/mol. The lowest BCUT2D eigenvalue weighted by molar-refractivity contribution is -0.121. The third-order valence-electron chi connectivity index (χ3n) is 2.62. The average molecular weight is 270 g/mol. The molecule has 0 heterocycles. The van der Waals surface area contributed by atoms with E-state index in [9.17, 15) is 9.36 Å². The molecule has 0 bridgehead atoms. The van der Waals surface area contributed by atoms with Crippen LogP contribution in [0.25, 0.3) is 0 Å². The van der Waals surface area contributed by atoms with Gasteiger partial charge in [0, 0.05) is 6.42 Å². The molecule has 0 aliphatic heterocycles. The number of hydrogen-bond acceptors (Lipinski definition) is 3. The second-order valence-corrected chi connectivity index (χ2v) is 4.96. The van der Waals surface area contributed by atoms with Crippen LogP contribution in [-0.2, 0) is 20.3 Å². The third-order valence-corrected chi connectivity index (χ3v) is 3.01. The van der Waals surface area contributed by atoms with Gasteiger partial charge in [-0.05, 0) is 24.8 Å². The minimum absolute atomic E-state index is 0.109. The highest BCUT2D eigenvalue weighted by atomic mass is 31.1. The minimum atomic E-state index is -2.97. The van der Waals surface area contributed by atoms with Crippen LogP contribution in [0.3, 0.4) is 0 Å². The first-order valence-electron chi connectivity index (χ1n) is 6.10. The van der Waals surface area contributed by atoms with Crippen LogP contribution < -0.4 is 0 Å². The van der Waals surface area contributed by atoms with Gasteiger partial charge in [-0.15, -0.1) is 0 Å². The second kappa shape index (κ2) is 9.03. The van der Waals surface area contributed by atoms with Gasteiger partial charge in [0.15, 0.2) is 5.78 Å². The fourth-order valence-electron chi connectivity index (χ4n) is 1.69. The normalized spacial score (nSPS) is 12.3. The SMILES string of the molecule is O=C(CCCCCc1ccccc1)CO[PH](=O)O. The van der Waals surface area contributed by atoms with Crippen LogP contribution in [0.15, 0.2) is 30.3 Å². The Labute approximate surface area is 108 Å². The van der Waals surface area contributed by atoms with E-state index < -0.39 is 8.25 Å². The summed E-state index contributed by atoms with van der Waals surface area (Å²) >= 11 is 0. The lowest BCUT2D eigenvalue weighted by Gasteiger charge is -2.02. The second-order valence-electron chi connectivity index (χ2n) is 4.14. The number of rotatable bonds is 9. The Morgan fingerprint density at radius 1 is 1.17 bits per heavy atom. The summed E-state index contributed by atoms with van der Waals surface area (Å²) in [7, 11) is -2.97. The zero-order valence-electron chi connectivity index (χ0n) is 10.3. The monoisotopic (exact) mass is 270 g/mol. The van der Waals surface area contributed by atoms with Crippen molar-refractivity contribution in [3.05, 3.63) is 35.9 Å². The summed E-state index contributed by atoms with van der Waals surface area (Å²) in [5.41, 5.74) is 1.31. The molecule has 0 amide bonds. The van der Waals surface area contributed by atoms with Gasteiger partial charge in [-0.3, -0.25) is 9.36 Å². The zero-order chi connectivity index (χ0) is 13.2. The number of unbranched alkanes of at least 4 members (excludes halogenated alkanes) is 2. The van der Waals surface area contributed by atoms with Gasteiger partial charge in [0.25, 0.3) is 0 Å². The zero-order valence-corrected chi connectivity index (χ0v) is 11.3. The van der Waals surface area contributed by atoms with E-state index >= 15 is 0 Å². The smallest absolute Gasteiger partial charge is 0.317 e. The first-order chi connectivity index (χ1) is 8.68. The molecule has 1 rings (SSSR count). The number of ketones is 1. The van der Waals surface area contributed by atoms with E-state index in [2.05, 4.69) is 16.7 Å². The number of Topliss-reactive ketones (excluding diaryl/α,β-unsaturated/α-hetero) is 1. The summed E-state index contributed by atoms with van der Waals surface area (Å²) in [6.45, 7) is -0.243. The average Bonchev–Trinajstić information content (AvgIpc) is 2.37. The van der Waals surface area contributed by atoms with Gasteiger partial charge in [-0.2, -0.15) is 0 Å². The Kier molecular flexibility index (Phi) is 7.58. The molecule has 4 nitrogen and oxygen atoms in total. The highest BCUT2D eigenvalue weighted by Gasteiger charge is 2.03. The molecule has 100 valence electrons. The number of hydrogen-bond donors (Lipinski definition) is 1. The molecule has 0 aromatic heterocycles. The van der Waals surface area contributed by atoms with Gasteiger partial charge in [-0.1, -0.05) is 36.8 Å². The van der Waals surface area contributed by atoms with E-state index in [1.807, 2.05) is 18.2 Å². The number of carbonyl (C=O) groups is 1. The van der Waals surface area contributed by atoms with E-state index in [1.165, 1.54) is 5.56 Å². The van der Waals surface area contributed by atoms with Crippen LogP contribution in [0.1, 0.15) is 31.2 Å². The first kappa shape index (κ1) is 15.1. The molecule has 5 heteroatoms. The van der Waals surface area contributed by atoms with Crippen LogP contribution in [-0.4, -0.2) is 17.3 Å². The van der Waals surface area contributed by atoms with Gasteiger partial charge in [0.2, 0.25) is 0 Å². The molecule has 1 aromatic rings. The molecule has 0 saturated carbocycles. The van der Waals surface area contributed by atoms with Crippen molar-refractivity contribution < 1.29 is 18.8 Å². The van der Waals surface area contributed by atoms with E-state index in [0.29, 0.717) is 6.42 Å². The Balaban J connectivity index is 2.02. The van der Waals surface area contributed by atoms with Crippen molar-refractivity contribution in [1.29, 1.82) is 0 Å². The fourth-order valence-corrected chi connectivity index (χ4v) is 1.97. The maximum atomic E-state index is 11.2. The Morgan fingerprint density at radius 3 is 2.56 bits per heavy atom. The fraction of sp³-hybridized carbons (Fsp3) is 0.462. The maximum absolute atomic E-state index is 11.2. The molecular formula is C13H19O4P. The highest BCUT2D eigenvalue weighted by molar-refractivity contribution is 7.32. The summed E-state index contributed by atoms with van der Waals surface area (Å²) in [5.74, 6) is -0.109. The van der Waals surface area contributed by atoms with Gasteiger partial charge < -0.3 is 9.42 Å². The largest absolute Gasteiger partial charge is 0.326 e. The Bertz CT molecular complexity index is 378. The summed E-state index contributed by atoms with van der Waals surface area (Å²) in [4.78, 5) is 19.6. The molecule has 1 unspecified atom stereocenters. The summed E-state index contributed by atoms with van der Waals surface area (Å²) in [5, 5.41) is 0. The molecule has 18 heavy (non-hydrogen) atoms. The predicted octanol–water partition coefficient (Wildman–Crippen LogP) is 2.76.